The van der Waals surface area contributed by atoms with Crippen molar-refractivity contribution in [2.24, 2.45) is 0 Å². The zero-order chi connectivity index (χ0) is 19.1. The van der Waals surface area contributed by atoms with Gasteiger partial charge in [0.1, 0.15) is 0 Å². The summed E-state index contributed by atoms with van der Waals surface area (Å²) in [7, 11) is -3.28. The van der Waals surface area contributed by atoms with Crippen LogP contribution in [0.25, 0.3) is 16.7 Å². The van der Waals surface area contributed by atoms with Crippen LogP contribution in [-0.4, -0.2) is 42.0 Å². The zero-order valence-corrected chi connectivity index (χ0v) is 15.8. The van der Waals surface area contributed by atoms with Gasteiger partial charge >= 0.3 is 5.97 Å². The van der Waals surface area contributed by atoms with E-state index >= 15 is 0 Å². The van der Waals surface area contributed by atoms with E-state index in [9.17, 15) is 13.2 Å². The molecule has 0 amide bonds. The second-order valence-corrected chi connectivity index (χ2v) is 8.01. The summed E-state index contributed by atoms with van der Waals surface area (Å²) in [5, 5.41) is 5.12. The van der Waals surface area contributed by atoms with Crippen molar-refractivity contribution in [3.8, 4) is 5.69 Å². The zero-order valence-electron chi connectivity index (χ0n) is 15.0. The van der Waals surface area contributed by atoms with Crippen molar-refractivity contribution in [3.05, 3.63) is 47.3 Å². The maximum atomic E-state index is 12.3. The molecule has 0 aliphatic rings. The quantitative estimate of drug-likeness (QED) is 0.653. The van der Waals surface area contributed by atoms with Crippen LogP contribution in [-0.2, 0) is 14.6 Å². The third-order valence-corrected chi connectivity index (χ3v) is 5.07. The number of pyridine rings is 1. The van der Waals surface area contributed by atoms with Crippen LogP contribution in [0.2, 0.25) is 0 Å². The van der Waals surface area contributed by atoms with Crippen LogP contribution in [0, 0.1) is 13.8 Å². The molecule has 2 heterocycles. The lowest BCUT2D eigenvalue weighted by atomic mass is 10.1. The van der Waals surface area contributed by atoms with Gasteiger partial charge in [0.05, 0.1) is 33.8 Å². The number of benzene rings is 1. The Morgan fingerprint density at radius 1 is 1.19 bits per heavy atom. The van der Waals surface area contributed by atoms with Crippen LogP contribution in [0.15, 0.2) is 35.2 Å². The Kier molecular flexibility index (Phi) is 4.53. The fraction of sp³-hybridized carbons (Fsp3) is 0.278. The highest BCUT2D eigenvalue weighted by atomic mass is 32.2. The Labute approximate surface area is 151 Å². The van der Waals surface area contributed by atoms with E-state index in [1.165, 1.54) is 12.1 Å². The lowest BCUT2D eigenvalue weighted by Crippen LogP contribution is -2.07. The fourth-order valence-electron chi connectivity index (χ4n) is 2.80. The van der Waals surface area contributed by atoms with E-state index in [2.05, 4.69) is 10.1 Å². The first-order valence-electron chi connectivity index (χ1n) is 8.07. The molecular weight excluding hydrogens is 354 g/mol. The van der Waals surface area contributed by atoms with Gasteiger partial charge in [-0.05, 0) is 51.1 Å². The monoisotopic (exact) mass is 373 g/mol. The minimum atomic E-state index is -3.28. The highest BCUT2D eigenvalue weighted by Gasteiger charge is 2.20. The van der Waals surface area contributed by atoms with E-state index in [1.54, 1.807) is 43.7 Å². The van der Waals surface area contributed by atoms with Crippen molar-refractivity contribution in [2.45, 2.75) is 25.7 Å². The third-order valence-electron chi connectivity index (χ3n) is 3.95. The number of ether oxygens (including phenoxy) is 1. The van der Waals surface area contributed by atoms with Gasteiger partial charge in [0.15, 0.2) is 15.5 Å². The number of nitrogens with zero attached hydrogens (tertiary/aromatic N) is 3. The molecule has 0 N–H and O–H groups in total. The molecule has 0 radical (unpaired) electrons. The molecule has 0 saturated heterocycles. The minimum Gasteiger partial charge on any atom is -0.462 e. The highest BCUT2D eigenvalue weighted by molar-refractivity contribution is 7.90. The van der Waals surface area contributed by atoms with Crippen LogP contribution in [0.5, 0.6) is 0 Å². The van der Waals surface area contributed by atoms with Gasteiger partial charge in [-0.3, -0.25) is 0 Å². The summed E-state index contributed by atoms with van der Waals surface area (Å²) in [4.78, 5) is 17.1. The number of esters is 1. The maximum absolute atomic E-state index is 12.3. The summed E-state index contributed by atoms with van der Waals surface area (Å²) >= 11 is 0. The van der Waals surface area contributed by atoms with Crippen LogP contribution >= 0.6 is 0 Å². The molecule has 2 aromatic heterocycles. The molecule has 0 saturated carbocycles. The van der Waals surface area contributed by atoms with Gasteiger partial charge in [0.2, 0.25) is 0 Å². The number of carbonyl (C=O) groups excluding carboxylic acids is 1. The van der Waals surface area contributed by atoms with E-state index < -0.39 is 15.8 Å². The number of sulfone groups is 1. The van der Waals surface area contributed by atoms with E-state index in [0.717, 1.165) is 6.26 Å². The van der Waals surface area contributed by atoms with Crippen LogP contribution < -0.4 is 0 Å². The lowest BCUT2D eigenvalue weighted by molar-refractivity contribution is 0.0528. The number of hydrogen-bond acceptors (Lipinski definition) is 6. The van der Waals surface area contributed by atoms with Crippen molar-refractivity contribution in [2.75, 3.05) is 12.9 Å². The molecular formula is C18H19N3O4S. The molecule has 0 aliphatic carbocycles. The van der Waals surface area contributed by atoms with Gasteiger partial charge in [-0.2, -0.15) is 5.10 Å². The van der Waals surface area contributed by atoms with Gasteiger partial charge < -0.3 is 4.74 Å². The smallest absolute Gasteiger partial charge is 0.339 e. The molecule has 0 bridgehead atoms. The second-order valence-electron chi connectivity index (χ2n) is 5.99. The number of carbonyl (C=O) groups is 1. The van der Waals surface area contributed by atoms with Crippen LogP contribution in [0.1, 0.15) is 28.7 Å². The molecule has 136 valence electrons. The van der Waals surface area contributed by atoms with Crippen LogP contribution in [0.3, 0.4) is 0 Å². The first-order chi connectivity index (χ1) is 12.2. The van der Waals surface area contributed by atoms with Gasteiger partial charge in [0, 0.05) is 11.9 Å². The van der Waals surface area contributed by atoms with Crippen molar-refractivity contribution in [1.29, 1.82) is 0 Å². The molecule has 7 nitrogen and oxygen atoms in total. The van der Waals surface area contributed by atoms with Crippen molar-refractivity contribution in [3.63, 3.8) is 0 Å². The molecule has 0 atom stereocenters. The predicted molar refractivity (Wildman–Crippen MR) is 97.4 cm³/mol. The topological polar surface area (TPSA) is 91.2 Å². The number of aryl methyl sites for hydroxylation is 2. The van der Waals surface area contributed by atoms with Gasteiger partial charge in [-0.15, -0.1) is 0 Å². The Morgan fingerprint density at radius 2 is 1.85 bits per heavy atom. The molecule has 3 rings (SSSR count). The number of fused-ring (bicyclic) bond motifs is 1. The average molecular weight is 373 g/mol. The molecule has 0 unspecified atom stereocenters. The SMILES string of the molecule is CCOC(=O)c1cc(C)nc2c1c(C)nn2-c1ccc(S(C)(=O)=O)cc1. The van der Waals surface area contributed by atoms with Gasteiger partial charge in [0.25, 0.3) is 0 Å². The Morgan fingerprint density at radius 3 is 2.42 bits per heavy atom. The van der Waals surface area contributed by atoms with E-state index in [4.69, 9.17) is 4.74 Å². The van der Waals surface area contributed by atoms with E-state index in [1.807, 2.05) is 0 Å². The molecule has 3 aromatic rings. The molecule has 0 aliphatic heterocycles. The highest BCUT2D eigenvalue weighted by Crippen LogP contribution is 2.26. The summed E-state index contributed by atoms with van der Waals surface area (Å²) < 4.78 is 30.0. The summed E-state index contributed by atoms with van der Waals surface area (Å²) in [6.45, 7) is 5.62. The maximum Gasteiger partial charge on any atom is 0.339 e. The summed E-state index contributed by atoms with van der Waals surface area (Å²) in [5.41, 5.74) is 2.91. The first kappa shape index (κ1) is 18.1. The average Bonchev–Trinajstić information content (AvgIpc) is 2.90. The standard InChI is InChI=1S/C18H19N3O4S/c1-5-25-18(22)15-10-11(2)19-17-16(15)12(3)20-21(17)13-6-8-14(9-7-13)26(4,23)24/h6-10H,5H2,1-4H3. The molecule has 1 aromatic carbocycles. The number of rotatable bonds is 4. The Hall–Kier alpha value is -2.74. The Bertz CT molecular complexity index is 1100. The van der Waals surface area contributed by atoms with Crippen molar-refractivity contribution < 1.29 is 17.9 Å². The minimum absolute atomic E-state index is 0.228. The normalized spacial score (nSPS) is 11.7. The summed E-state index contributed by atoms with van der Waals surface area (Å²) in [6, 6.07) is 8.06. The lowest BCUT2D eigenvalue weighted by Gasteiger charge is -2.07. The molecule has 0 fully saturated rings. The summed E-state index contributed by atoms with van der Waals surface area (Å²) in [6.07, 6.45) is 1.16. The fourth-order valence-corrected chi connectivity index (χ4v) is 3.43. The molecule has 8 heteroatoms. The first-order valence-corrected chi connectivity index (χ1v) is 9.96. The van der Waals surface area contributed by atoms with Crippen molar-refractivity contribution >= 4 is 26.8 Å². The summed E-state index contributed by atoms with van der Waals surface area (Å²) in [5.74, 6) is -0.418. The third kappa shape index (κ3) is 3.20. The van der Waals surface area contributed by atoms with Gasteiger partial charge in [-0.25, -0.2) is 22.9 Å². The predicted octanol–water partition coefficient (Wildman–Crippen LogP) is 2.62. The number of hydrogen-bond donors (Lipinski definition) is 0. The van der Waals surface area contributed by atoms with Crippen molar-refractivity contribution in [1.82, 2.24) is 14.8 Å². The second kappa shape index (κ2) is 6.53. The molecule has 0 spiro atoms. The van der Waals surface area contributed by atoms with E-state index in [-0.39, 0.29) is 11.5 Å². The largest absolute Gasteiger partial charge is 0.462 e. The Balaban J connectivity index is 2.21. The number of aromatic nitrogens is 3. The van der Waals surface area contributed by atoms with Crippen LogP contribution in [0.4, 0.5) is 0 Å². The van der Waals surface area contributed by atoms with E-state index in [0.29, 0.717) is 33.7 Å². The van der Waals surface area contributed by atoms with Gasteiger partial charge in [-0.1, -0.05) is 0 Å². The molecule has 26 heavy (non-hydrogen) atoms.